The molecule has 8 heteroatoms. The standard InChI is InChI=1S/C17H13ClFN3O3/c1-9-7-13(14(24-2)8-11(9)18)20-15(23)17-22-21-16(25-17)10-5-3-4-6-12(10)19/h3-8H,1-2H3,(H,20,23). The Morgan fingerprint density at radius 1 is 1.28 bits per heavy atom. The monoisotopic (exact) mass is 361 g/mol. The lowest BCUT2D eigenvalue weighted by Gasteiger charge is -2.11. The fraction of sp³-hybridized carbons (Fsp3) is 0.118. The summed E-state index contributed by atoms with van der Waals surface area (Å²) in [6.07, 6.45) is 0. The third-order valence-electron chi connectivity index (χ3n) is 3.45. The Hall–Kier alpha value is -2.93. The Balaban J connectivity index is 1.86. The third kappa shape index (κ3) is 3.46. The number of anilines is 1. The first-order valence-corrected chi connectivity index (χ1v) is 7.61. The van der Waals surface area contributed by atoms with Crippen LogP contribution in [0.3, 0.4) is 0 Å². The van der Waals surface area contributed by atoms with E-state index in [0.29, 0.717) is 16.5 Å². The molecule has 0 bridgehead atoms. The van der Waals surface area contributed by atoms with Crippen molar-refractivity contribution in [2.24, 2.45) is 0 Å². The first-order valence-electron chi connectivity index (χ1n) is 7.23. The molecular weight excluding hydrogens is 349 g/mol. The molecule has 1 heterocycles. The van der Waals surface area contributed by atoms with Crippen molar-refractivity contribution < 1.29 is 18.3 Å². The fourth-order valence-corrected chi connectivity index (χ4v) is 2.32. The van der Waals surface area contributed by atoms with E-state index in [2.05, 4.69) is 15.5 Å². The van der Waals surface area contributed by atoms with E-state index in [9.17, 15) is 9.18 Å². The van der Waals surface area contributed by atoms with Crippen LogP contribution in [0.1, 0.15) is 16.2 Å². The zero-order valence-corrected chi connectivity index (χ0v) is 14.1. The van der Waals surface area contributed by atoms with Crippen LogP contribution in [0.25, 0.3) is 11.5 Å². The van der Waals surface area contributed by atoms with Crippen molar-refractivity contribution in [3.05, 3.63) is 58.7 Å². The zero-order chi connectivity index (χ0) is 18.0. The third-order valence-corrected chi connectivity index (χ3v) is 3.86. The lowest BCUT2D eigenvalue weighted by Crippen LogP contribution is -2.13. The molecule has 0 aliphatic heterocycles. The van der Waals surface area contributed by atoms with Gasteiger partial charge in [0.25, 0.3) is 5.89 Å². The van der Waals surface area contributed by atoms with Crippen molar-refractivity contribution >= 4 is 23.2 Å². The van der Waals surface area contributed by atoms with Gasteiger partial charge < -0.3 is 14.5 Å². The van der Waals surface area contributed by atoms with E-state index in [4.69, 9.17) is 20.8 Å². The topological polar surface area (TPSA) is 77.2 Å². The summed E-state index contributed by atoms with van der Waals surface area (Å²) < 4.78 is 24.2. The maximum Gasteiger partial charge on any atom is 0.313 e. The molecule has 0 atom stereocenters. The minimum atomic E-state index is -0.643. The number of benzene rings is 2. The Labute approximate surface area is 147 Å². The number of hydrogen-bond donors (Lipinski definition) is 1. The van der Waals surface area contributed by atoms with E-state index in [1.165, 1.54) is 25.3 Å². The number of halogens is 2. The molecule has 1 N–H and O–H groups in total. The summed E-state index contributed by atoms with van der Waals surface area (Å²) in [6.45, 7) is 1.79. The van der Waals surface area contributed by atoms with Crippen molar-refractivity contribution in [3.63, 3.8) is 0 Å². The summed E-state index contributed by atoms with van der Waals surface area (Å²) in [5.41, 5.74) is 1.28. The van der Waals surface area contributed by atoms with Crippen molar-refractivity contribution in [2.45, 2.75) is 6.92 Å². The Bertz CT molecular complexity index is 943. The second-order valence-corrected chi connectivity index (χ2v) is 5.56. The number of nitrogens with zero attached hydrogens (tertiary/aromatic N) is 2. The summed E-state index contributed by atoms with van der Waals surface area (Å²) in [5.74, 6) is -1.16. The van der Waals surface area contributed by atoms with Crippen LogP contribution >= 0.6 is 11.6 Å². The van der Waals surface area contributed by atoms with Gasteiger partial charge in [-0.3, -0.25) is 4.79 Å². The minimum absolute atomic E-state index is 0.0810. The molecule has 3 rings (SSSR count). The van der Waals surface area contributed by atoms with Crippen molar-refractivity contribution in [3.8, 4) is 17.2 Å². The van der Waals surface area contributed by atoms with Crippen LogP contribution in [-0.2, 0) is 0 Å². The zero-order valence-electron chi connectivity index (χ0n) is 13.3. The molecule has 0 unspecified atom stereocenters. The summed E-state index contributed by atoms with van der Waals surface area (Å²) in [6, 6.07) is 9.16. The van der Waals surface area contributed by atoms with E-state index >= 15 is 0 Å². The predicted octanol–water partition coefficient (Wildman–Crippen LogP) is 4.10. The Morgan fingerprint density at radius 2 is 2.04 bits per heavy atom. The molecule has 0 fully saturated rings. The maximum atomic E-state index is 13.8. The summed E-state index contributed by atoms with van der Waals surface area (Å²) in [4.78, 5) is 12.3. The smallest absolute Gasteiger partial charge is 0.313 e. The molecule has 0 spiro atoms. The number of rotatable bonds is 4. The van der Waals surface area contributed by atoms with E-state index in [1.54, 1.807) is 25.1 Å². The van der Waals surface area contributed by atoms with Gasteiger partial charge >= 0.3 is 11.8 Å². The van der Waals surface area contributed by atoms with Crippen LogP contribution in [0, 0.1) is 12.7 Å². The van der Waals surface area contributed by atoms with Gasteiger partial charge in [0.2, 0.25) is 0 Å². The second-order valence-electron chi connectivity index (χ2n) is 5.15. The normalized spacial score (nSPS) is 10.6. The molecule has 0 aliphatic carbocycles. The van der Waals surface area contributed by atoms with Gasteiger partial charge in [-0.15, -0.1) is 10.2 Å². The molecule has 0 aliphatic rings. The van der Waals surface area contributed by atoms with Crippen LogP contribution in [0.2, 0.25) is 5.02 Å². The number of carbonyl (C=O) groups excluding carboxylic acids is 1. The van der Waals surface area contributed by atoms with E-state index < -0.39 is 11.7 Å². The highest BCUT2D eigenvalue weighted by molar-refractivity contribution is 6.31. The van der Waals surface area contributed by atoms with E-state index in [1.807, 2.05) is 0 Å². The number of aryl methyl sites for hydroxylation is 1. The number of methoxy groups -OCH3 is 1. The van der Waals surface area contributed by atoms with Crippen molar-refractivity contribution in [1.29, 1.82) is 0 Å². The summed E-state index contributed by atoms with van der Waals surface area (Å²) >= 11 is 6.04. The van der Waals surface area contributed by atoms with Crippen LogP contribution in [0.4, 0.5) is 10.1 Å². The molecule has 25 heavy (non-hydrogen) atoms. The average molecular weight is 362 g/mol. The fourth-order valence-electron chi connectivity index (χ4n) is 2.16. The van der Waals surface area contributed by atoms with Crippen LogP contribution in [0.5, 0.6) is 5.75 Å². The molecule has 128 valence electrons. The molecular formula is C17H13ClFN3O3. The van der Waals surface area contributed by atoms with Crippen LogP contribution in [0.15, 0.2) is 40.8 Å². The average Bonchev–Trinajstić information content (AvgIpc) is 3.08. The molecule has 1 aromatic heterocycles. The number of ether oxygens (including phenoxy) is 1. The molecule has 1 amide bonds. The van der Waals surface area contributed by atoms with E-state index in [-0.39, 0.29) is 17.3 Å². The minimum Gasteiger partial charge on any atom is -0.495 e. The summed E-state index contributed by atoms with van der Waals surface area (Å²) in [5, 5.41) is 10.5. The highest BCUT2D eigenvalue weighted by Crippen LogP contribution is 2.31. The number of aromatic nitrogens is 2. The van der Waals surface area contributed by atoms with Gasteiger partial charge in [-0.2, -0.15) is 0 Å². The lowest BCUT2D eigenvalue weighted by atomic mass is 10.2. The highest BCUT2D eigenvalue weighted by Gasteiger charge is 2.19. The SMILES string of the molecule is COc1cc(Cl)c(C)cc1NC(=O)c1nnc(-c2ccccc2F)o1. The van der Waals surface area contributed by atoms with Gasteiger partial charge in [0.1, 0.15) is 11.6 Å². The first-order chi connectivity index (χ1) is 12.0. The lowest BCUT2D eigenvalue weighted by molar-refractivity contribution is 0.0990. The molecule has 2 aromatic carbocycles. The number of nitrogens with one attached hydrogen (secondary N) is 1. The largest absolute Gasteiger partial charge is 0.495 e. The highest BCUT2D eigenvalue weighted by atomic mass is 35.5. The summed E-state index contributed by atoms with van der Waals surface area (Å²) in [7, 11) is 1.46. The molecule has 3 aromatic rings. The number of amides is 1. The molecule has 0 saturated heterocycles. The predicted molar refractivity (Wildman–Crippen MR) is 90.4 cm³/mol. The number of carbonyl (C=O) groups is 1. The van der Waals surface area contributed by atoms with Crippen LogP contribution < -0.4 is 10.1 Å². The van der Waals surface area contributed by atoms with E-state index in [0.717, 1.165) is 5.56 Å². The van der Waals surface area contributed by atoms with Gasteiger partial charge in [-0.1, -0.05) is 23.7 Å². The van der Waals surface area contributed by atoms with Gasteiger partial charge in [0, 0.05) is 11.1 Å². The second kappa shape index (κ2) is 6.90. The van der Waals surface area contributed by atoms with Gasteiger partial charge in [-0.05, 0) is 30.7 Å². The first kappa shape index (κ1) is 16.9. The van der Waals surface area contributed by atoms with Crippen molar-refractivity contribution in [2.75, 3.05) is 12.4 Å². The molecule has 0 radical (unpaired) electrons. The van der Waals surface area contributed by atoms with Crippen LogP contribution in [-0.4, -0.2) is 23.2 Å². The van der Waals surface area contributed by atoms with Gasteiger partial charge in [-0.25, -0.2) is 4.39 Å². The van der Waals surface area contributed by atoms with Gasteiger partial charge in [0.15, 0.2) is 0 Å². The molecule has 6 nitrogen and oxygen atoms in total. The quantitative estimate of drug-likeness (QED) is 0.757. The van der Waals surface area contributed by atoms with Crippen molar-refractivity contribution in [1.82, 2.24) is 10.2 Å². The van der Waals surface area contributed by atoms with Gasteiger partial charge in [0.05, 0.1) is 18.4 Å². The number of hydrogen-bond acceptors (Lipinski definition) is 5. The molecule has 0 saturated carbocycles. The maximum absolute atomic E-state index is 13.8. The Morgan fingerprint density at radius 3 is 2.76 bits per heavy atom. The Kier molecular flexibility index (Phi) is 4.67.